The van der Waals surface area contributed by atoms with Crippen molar-refractivity contribution in [2.45, 2.75) is 32.4 Å². The zero-order valence-corrected chi connectivity index (χ0v) is 15.5. The van der Waals surface area contributed by atoms with Crippen molar-refractivity contribution < 1.29 is 13.2 Å². The summed E-state index contributed by atoms with van der Waals surface area (Å²) in [5.74, 6) is -0.312. The van der Waals surface area contributed by atoms with Crippen LogP contribution in [0, 0.1) is 0 Å². The molecule has 1 N–H and O–H groups in total. The van der Waals surface area contributed by atoms with Crippen molar-refractivity contribution in [1.82, 2.24) is 5.32 Å². The molecule has 0 aliphatic carbocycles. The monoisotopic (exact) mass is 360 g/mol. The van der Waals surface area contributed by atoms with Gasteiger partial charge in [-0.3, -0.25) is 9.10 Å². The summed E-state index contributed by atoms with van der Waals surface area (Å²) in [6.45, 7) is 3.69. The van der Waals surface area contributed by atoms with Gasteiger partial charge in [0.05, 0.1) is 18.0 Å². The zero-order chi connectivity index (χ0) is 18.4. The van der Waals surface area contributed by atoms with Gasteiger partial charge < -0.3 is 5.32 Å². The number of rotatable bonds is 7. The van der Waals surface area contributed by atoms with Crippen LogP contribution in [0.1, 0.15) is 31.9 Å². The highest BCUT2D eigenvalue weighted by molar-refractivity contribution is 7.92. The first-order valence-corrected chi connectivity index (χ1v) is 10.1. The maximum atomic E-state index is 12.8. The van der Waals surface area contributed by atoms with Gasteiger partial charge in [-0.15, -0.1) is 0 Å². The van der Waals surface area contributed by atoms with E-state index in [2.05, 4.69) is 5.32 Å². The maximum absolute atomic E-state index is 12.8. The second-order valence-corrected chi connectivity index (χ2v) is 7.82. The van der Waals surface area contributed by atoms with E-state index in [9.17, 15) is 13.2 Å². The molecule has 1 amide bonds. The van der Waals surface area contributed by atoms with Gasteiger partial charge in [-0.25, -0.2) is 8.42 Å². The van der Waals surface area contributed by atoms with Crippen molar-refractivity contribution in [3.63, 3.8) is 0 Å². The molecule has 2 aromatic rings. The van der Waals surface area contributed by atoms with Gasteiger partial charge in [0.25, 0.3) is 0 Å². The molecule has 0 unspecified atom stereocenters. The molecule has 6 heteroatoms. The van der Waals surface area contributed by atoms with Crippen molar-refractivity contribution in [2.75, 3.05) is 10.6 Å². The van der Waals surface area contributed by atoms with Gasteiger partial charge in [0, 0.05) is 0 Å². The fourth-order valence-corrected chi connectivity index (χ4v) is 3.98. The third-order valence-electron chi connectivity index (χ3n) is 4.00. The van der Waals surface area contributed by atoms with Gasteiger partial charge in [0.15, 0.2) is 0 Å². The average Bonchev–Trinajstić information content (AvgIpc) is 2.59. The van der Waals surface area contributed by atoms with Gasteiger partial charge >= 0.3 is 0 Å². The first-order chi connectivity index (χ1) is 11.8. The van der Waals surface area contributed by atoms with Crippen LogP contribution in [0.15, 0.2) is 60.7 Å². The van der Waals surface area contributed by atoms with E-state index in [1.54, 1.807) is 31.2 Å². The first kappa shape index (κ1) is 19.0. The summed E-state index contributed by atoms with van der Waals surface area (Å²) in [6, 6.07) is 17.3. The number of sulfonamides is 1. The number of hydrogen-bond donors (Lipinski definition) is 1. The molecule has 0 heterocycles. The lowest BCUT2D eigenvalue weighted by atomic mass is 10.1. The predicted octanol–water partition coefficient (Wildman–Crippen LogP) is 3.11. The topological polar surface area (TPSA) is 66.5 Å². The minimum atomic E-state index is -3.60. The van der Waals surface area contributed by atoms with Crippen LogP contribution in [-0.2, 0) is 14.8 Å². The molecule has 0 aliphatic rings. The van der Waals surface area contributed by atoms with E-state index >= 15 is 0 Å². The molecular weight excluding hydrogens is 336 g/mol. The fraction of sp³-hybridized carbons (Fsp3) is 0.316. The first-order valence-electron chi connectivity index (χ1n) is 8.24. The lowest BCUT2D eigenvalue weighted by Gasteiger charge is -2.31. The van der Waals surface area contributed by atoms with Crippen LogP contribution in [0.4, 0.5) is 5.69 Å². The maximum Gasteiger partial charge on any atom is 0.244 e. The molecule has 0 fully saturated rings. The Hall–Kier alpha value is -2.34. The number of carbonyl (C=O) groups excluding carboxylic acids is 1. The van der Waals surface area contributed by atoms with Crippen LogP contribution in [-0.4, -0.2) is 26.6 Å². The number of hydrogen-bond acceptors (Lipinski definition) is 3. The second-order valence-electron chi connectivity index (χ2n) is 5.96. The molecule has 5 nitrogen and oxygen atoms in total. The van der Waals surface area contributed by atoms with Gasteiger partial charge in [0.1, 0.15) is 6.04 Å². The molecular formula is C19H24N2O3S. The predicted molar refractivity (Wildman–Crippen MR) is 101 cm³/mol. The molecule has 0 spiro atoms. The van der Waals surface area contributed by atoms with Crippen LogP contribution in [0.3, 0.4) is 0 Å². The average molecular weight is 360 g/mol. The summed E-state index contributed by atoms with van der Waals surface area (Å²) < 4.78 is 25.9. The van der Waals surface area contributed by atoms with E-state index in [0.29, 0.717) is 12.1 Å². The third-order valence-corrected chi connectivity index (χ3v) is 5.18. The summed E-state index contributed by atoms with van der Waals surface area (Å²) in [4.78, 5) is 12.8. The largest absolute Gasteiger partial charge is 0.348 e. The van der Waals surface area contributed by atoms with E-state index in [4.69, 9.17) is 0 Å². The molecule has 0 saturated carbocycles. The summed E-state index contributed by atoms with van der Waals surface area (Å²) in [5, 5.41) is 2.92. The van der Waals surface area contributed by atoms with E-state index in [-0.39, 0.29) is 11.9 Å². The second kappa shape index (κ2) is 8.16. The van der Waals surface area contributed by atoms with Crippen molar-refractivity contribution >= 4 is 21.6 Å². The molecule has 2 rings (SSSR count). The highest BCUT2D eigenvalue weighted by Gasteiger charge is 2.31. The Morgan fingerprint density at radius 3 is 2.04 bits per heavy atom. The smallest absolute Gasteiger partial charge is 0.244 e. The van der Waals surface area contributed by atoms with Crippen molar-refractivity contribution in [3.05, 3.63) is 66.2 Å². The lowest BCUT2D eigenvalue weighted by Crippen LogP contribution is -2.49. The lowest BCUT2D eigenvalue weighted by molar-refractivity contribution is -0.122. The van der Waals surface area contributed by atoms with E-state index in [1.807, 2.05) is 43.3 Å². The molecule has 134 valence electrons. The van der Waals surface area contributed by atoms with Crippen molar-refractivity contribution in [2.24, 2.45) is 0 Å². The Morgan fingerprint density at radius 1 is 1.04 bits per heavy atom. The molecule has 0 aromatic heterocycles. The Balaban J connectivity index is 2.27. The standard InChI is InChI=1S/C19H24N2O3S/c1-4-18(19(22)20-15(2)16-11-7-5-8-12-16)21(25(3,23)24)17-13-9-6-10-14-17/h5-15,18H,4H2,1-3H3,(H,20,22)/t15-,18+/m0/s1. The summed E-state index contributed by atoms with van der Waals surface area (Å²) in [7, 11) is -3.60. The zero-order valence-electron chi connectivity index (χ0n) is 14.7. The number of para-hydroxylation sites is 1. The molecule has 0 saturated heterocycles. The summed E-state index contributed by atoms with van der Waals surface area (Å²) in [5.41, 5.74) is 1.45. The van der Waals surface area contributed by atoms with Gasteiger partial charge in [0.2, 0.25) is 15.9 Å². The van der Waals surface area contributed by atoms with E-state index in [0.717, 1.165) is 11.8 Å². The molecule has 0 radical (unpaired) electrons. The van der Waals surface area contributed by atoms with E-state index in [1.165, 1.54) is 4.31 Å². The highest BCUT2D eigenvalue weighted by atomic mass is 32.2. The van der Waals surface area contributed by atoms with Crippen LogP contribution in [0.5, 0.6) is 0 Å². The number of nitrogens with one attached hydrogen (secondary N) is 1. The molecule has 2 atom stereocenters. The van der Waals surface area contributed by atoms with Crippen molar-refractivity contribution in [3.8, 4) is 0 Å². The van der Waals surface area contributed by atoms with Crippen LogP contribution >= 0.6 is 0 Å². The van der Waals surface area contributed by atoms with Gasteiger partial charge in [-0.05, 0) is 31.0 Å². The Kier molecular flexibility index (Phi) is 6.20. The number of benzene rings is 2. The Labute approximate surface area is 149 Å². The number of anilines is 1. The summed E-state index contributed by atoms with van der Waals surface area (Å²) >= 11 is 0. The quantitative estimate of drug-likeness (QED) is 0.825. The Bertz CT molecular complexity index is 792. The highest BCUT2D eigenvalue weighted by Crippen LogP contribution is 2.22. The minimum Gasteiger partial charge on any atom is -0.348 e. The van der Waals surface area contributed by atoms with Crippen molar-refractivity contribution in [1.29, 1.82) is 0 Å². The minimum absolute atomic E-state index is 0.208. The van der Waals surface area contributed by atoms with E-state index < -0.39 is 16.1 Å². The third kappa shape index (κ3) is 4.82. The number of nitrogens with zero attached hydrogens (tertiary/aromatic N) is 1. The number of carbonyl (C=O) groups is 1. The molecule has 0 bridgehead atoms. The molecule has 25 heavy (non-hydrogen) atoms. The summed E-state index contributed by atoms with van der Waals surface area (Å²) in [6.07, 6.45) is 1.49. The fourth-order valence-electron chi connectivity index (χ4n) is 2.77. The SMILES string of the molecule is CC[C@H](C(=O)N[C@@H](C)c1ccccc1)N(c1ccccc1)S(C)(=O)=O. The van der Waals surface area contributed by atoms with Gasteiger partial charge in [-0.1, -0.05) is 55.5 Å². The molecule has 0 aliphatic heterocycles. The van der Waals surface area contributed by atoms with Crippen LogP contribution in [0.2, 0.25) is 0 Å². The normalized spacial score (nSPS) is 13.7. The number of amides is 1. The van der Waals surface area contributed by atoms with Crippen LogP contribution in [0.25, 0.3) is 0 Å². The van der Waals surface area contributed by atoms with Crippen LogP contribution < -0.4 is 9.62 Å². The van der Waals surface area contributed by atoms with Gasteiger partial charge in [-0.2, -0.15) is 0 Å². The Morgan fingerprint density at radius 2 is 1.56 bits per heavy atom. The molecule has 2 aromatic carbocycles.